The van der Waals surface area contributed by atoms with Gasteiger partial charge in [-0.1, -0.05) is 29.8 Å². The molecule has 0 amide bonds. The van der Waals surface area contributed by atoms with E-state index in [2.05, 4.69) is 15.4 Å². The minimum Gasteiger partial charge on any atom is -0.406 e. The van der Waals surface area contributed by atoms with E-state index < -0.39 is 6.36 Å². The van der Waals surface area contributed by atoms with E-state index in [1.165, 1.54) is 29.8 Å². The molecule has 122 valence electrons. The molecule has 0 saturated carbocycles. The predicted octanol–water partition coefficient (Wildman–Crippen LogP) is 4.38. The van der Waals surface area contributed by atoms with Crippen molar-refractivity contribution in [2.75, 3.05) is 5.32 Å². The average molecular weight is 340 g/mol. The molecule has 0 unspecified atom stereocenters. The van der Waals surface area contributed by atoms with Crippen molar-refractivity contribution in [2.24, 2.45) is 0 Å². The van der Waals surface area contributed by atoms with Gasteiger partial charge < -0.3 is 15.4 Å². The lowest BCUT2D eigenvalue weighted by Gasteiger charge is -2.12. The number of nitrogens with one attached hydrogen (secondary N) is 2. The molecule has 0 radical (unpaired) electrons. The summed E-state index contributed by atoms with van der Waals surface area (Å²) in [6.07, 6.45) is -4.69. The number of ether oxygens (including phenoxy) is 1. The molecule has 0 fully saturated rings. The first-order valence-electron chi connectivity index (χ1n) is 6.78. The van der Waals surface area contributed by atoms with Crippen LogP contribution in [0.2, 0.25) is 0 Å². The minimum atomic E-state index is -4.69. The molecule has 0 spiro atoms. The highest BCUT2D eigenvalue weighted by molar-refractivity contribution is 7.80. The molecule has 0 aliphatic rings. The normalized spacial score (nSPS) is 11.0. The van der Waals surface area contributed by atoms with Crippen molar-refractivity contribution in [3.63, 3.8) is 0 Å². The fraction of sp³-hybridized carbons (Fsp3) is 0.188. The number of hydrogen-bond acceptors (Lipinski definition) is 2. The number of alkyl halides is 3. The molecule has 23 heavy (non-hydrogen) atoms. The SMILES string of the molecule is Cc1ccc(CNC(=S)Nc2ccc(OC(F)(F)F)cc2)cc1. The average Bonchev–Trinajstić information content (AvgIpc) is 2.47. The molecular formula is C16H15F3N2OS. The van der Waals surface area contributed by atoms with Gasteiger partial charge >= 0.3 is 6.36 Å². The largest absolute Gasteiger partial charge is 0.573 e. The Kier molecular flexibility index (Phi) is 5.44. The van der Waals surface area contributed by atoms with Crippen molar-refractivity contribution in [3.05, 3.63) is 59.7 Å². The van der Waals surface area contributed by atoms with Crippen LogP contribution in [-0.4, -0.2) is 11.5 Å². The highest BCUT2D eigenvalue weighted by Gasteiger charge is 2.30. The molecule has 2 N–H and O–H groups in total. The fourth-order valence-corrected chi connectivity index (χ4v) is 1.99. The monoisotopic (exact) mass is 340 g/mol. The zero-order valence-electron chi connectivity index (χ0n) is 12.3. The van der Waals surface area contributed by atoms with Crippen molar-refractivity contribution in [2.45, 2.75) is 19.8 Å². The van der Waals surface area contributed by atoms with Crippen molar-refractivity contribution < 1.29 is 17.9 Å². The Balaban J connectivity index is 1.84. The third kappa shape index (κ3) is 6.15. The molecule has 2 aromatic carbocycles. The zero-order chi connectivity index (χ0) is 16.9. The van der Waals surface area contributed by atoms with Crippen molar-refractivity contribution >= 4 is 23.0 Å². The van der Waals surface area contributed by atoms with Gasteiger partial charge in [0.2, 0.25) is 0 Å². The first-order chi connectivity index (χ1) is 10.8. The van der Waals surface area contributed by atoms with E-state index in [1.54, 1.807) is 0 Å². The Hall–Kier alpha value is -2.28. The standard InChI is InChI=1S/C16H15F3N2OS/c1-11-2-4-12(5-3-11)10-20-15(23)21-13-6-8-14(9-7-13)22-16(17,18)19/h2-9H,10H2,1H3,(H2,20,21,23). The van der Waals surface area contributed by atoms with E-state index in [0.29, 0.717) is 17.3 Å². The van der Waals surface area contributed by atoms with Crippen LogP contribution in [0.5, 0.6) is 5.75 Å². The number of anilines is 1. The van der Waals surface area contributed by atoms with E-state index in [1.807, 2.05) is 31.2 Å². The first kappa shape index (κ1) is 17.1. The van der Waals surface area contributed by atoms with E-state index in [9.17, 15) is 13.2 Å². The van der Waals surface area contributed by atoms with E-state index in [4.69, 9.17) is 12.2 Å². The number of rotatable bonds is 4. The van der Waals surface area contributed by atoms with Gasteiger partial charge in [-0.2, -0.15) is 0 Å². The first-order valence-corrected chi connectivity index (χ1v) is 7.19. The molecule has 0 heterocycles. The number of halogens is 3. The lowest BCUT2D eigenvalue weighted by Crippen LogP contribution is -2.27. The summed E-state index contributed by atoms with van der Waals surface area (Å²) in [5.74, 6) is -0.276. The predicted molar refractivity (Wildman–Crippen MR) is 87.4 cm³/mol. The molecule has 0 bridgehead atoms. The fourth-order valence-electron chi connectivity index (χ4n) is 1.80. The van der Waals surface area contributed by atoms with Gasteiger partial charge in [-0.15, -0.1) is 13.2 Å². The summed E-state index contributed by atoms with van der Waals surface area (Å²) >= 11 is 5.15. The molecule has 0 aliphatic carbocycles. The molecule has 0 saturated heterocycles. The van der Waals surface area contributed by atoms with Gasteiger partial charge in [0.25, 0.3) is 0 Å². The van der Waals surface area contributed by atoms with Gasteiger partial charge in [0.15, 0.2) is 5.11 Å². The van der Waals surface area contributed by atoms with Crippen LogP contribution in [0.4, 0.5) is 18.9 Å². The molecule has 2 aromatic rings. The van der Waals surface area contributed by atoms with Crippen LogP contribution in [0.25, 0.3) is 0 Å². The van der Waals surface area contributed by atoms with Crippen LogP contribution in [0.1, 0.15) is 11.1 Å². The Morgan fingerprint density at radius 3 is 2.22 bits per heavy atom. The molecule has 0 aromatic heterocycles. The van der Waals surface area contributed by atoms with Gasteiger partial charge in [0, 0.05) is 12.2 Å². The summed E-state index contributed by atoms with van der Waals surface area (Å²) in [5, 5.41) is 6.31. The lowest BCUT2D eigenvalue weighted by atomic mass is 10.1. The van der Waals surface area contributed by atoms with Crippen LogP contribution in [0, 0.1) is 6.92 Å². The molecule has 7 heteroatoms. The number of thiocarbonyl (C=S) groups is 1. The Bertz CT molecular complexity index is 655. The highest BCUT2D eigenvalue weighted by atomic mass is 32.1. The van der Waals surface area contributed by atoms with Gasteiger partial charge in [0.1, 0.15) is 5.75 Å². The summed E-state index contributed by atoms with van der Waals surface area (Å²) in [4.78, 5) is 0. The molecule has 0 atom stereocenters. The lowest BCUT2D eigenvalue weighted by molar-refractivity contribution is -0.274. The third-order valence-corrected chi connectivity index (χ3v) is 3.17. The summed E-state index contributed by atoms with van der Waals surface area (Å²) in [7, 11) is 0. The topological polar surface area (TPSA) is 33.3 Å². The number of benzene rings is 2. The van der Waals surface area contributed by atoms with Gasteiger partial charge in [-0.3, -0.25) is 0 Å². The minimum absolute atomic E-state index is 0.276. The smallest absolute Gasteiger partial charge is 0.406 e. The van der Waals surface area contributed by atoms with Gasteiger partial charge in [-0.05, 0) is 49.0 Å². The maximum Gasteiger partial charge on any atom is 0.573 e. The number of aryl methyl sites for hydroxylation is 1. The van der Waals surface area contributed by atoms with E-state index >= 15 is 0 Å². The van der Waals surface area contributed by atoms with E-state index in [-0.39, 0.29) is 5.75 Å². The second-order valence-electron chi connectivity index (χ2n) is 4.87. The number of hydrogen-bond donors (Lipinski definition) is 2. The van der Waals surface area contributed by atoms with Crippen molar-refractivity contribution in [3.8, 4) is 5.75 Å². The Labute approximate surface area is 137 Å². The highest BCUT2D eigenvalue weighted by Crippen LogP contribution is 2.23. The maximum absolute atomic E-state index is 12.1. The van der Waals surface area contributed by atoms with Gasteiger partial charge in [-0.25, -0.2) is 0 Å². The summed E-state index contributed by atoms with van der Waals surface area (Å²) < 4.78 is 40.0. The van der Waals surface area contributed by atoms with Crippen LogP contribution in [0.15, 0.2) is 48.5 Å². The van der Waals surface area contributed by atoms with Crippen molar-refractivity contribution in [1.82, 2.24) is 5.32 Å². The van der Waals surface area contributed by atoms with Crippen LogP contribution in [-0.2, 0) is 6.54 Å². The molecule has 0 aliphatic heterocycles. The second kappa shape index (κ2) is 7.32. The zero-order valence-corrected chi connectivity index (χ0v) is 13.1. The van der Waals surface area contributed by atoms with Crippen LogP contribution >= 0.6 is 12.2 Å². The molecule has 2 rings (SSSR count). The maximum atomic E-state index is 12.1. The summed E-state index contributed by atoms with van der Waals surface area (Å²) in [5.41, 5.74) is 2.82. The molecular weight excluding hydrogens is 325 g/mol. The summed E-state index contributed by atoms with van der Waals surface area (Å²) in [6, 6.07) is 13.4. The van der Waals surface area contributed by atoms with Gasteiger partial charge in [0.05, 0.1) is 0 Å². The summed E-state index contributed by atoms with van der Waals surface area (Å²) in [6.45, 7) is 2.57. The third-order valence-electron chi connectivity index (χ3n) is 2.92. The second-order valence-corrected chi connectivity index (χ2v) is 5.27. The van der Waals surface area contributed by atoms with Crippen molar-refractivity contribution in [1.29, 1.82) is 0 Å². The van der Waals surface area contributed by atoms with Crippen LogP contribution < -0.4 is 15.4 Å². The van der Waals surface area contributed by atoms with Crippen LogP contribution in [0.3, 0.4) is 0 Å². The Morgan fingerprint density at radius 2 is 1.65 bits per heavy atom. The Morgan fingerprint density at radius 1 is 1.04 bits per heavy atom. The quantitative estimate of drug-likeness (QED) is 0.809. The van der Waals surface area contributed by atoms with E-state index in [0.717, 1.165) is 5.56 Å². The molecule has 3 nitrogen and oxygen atoms in total.